The first-order valence-corrected chi connectivity index (χ1v) is 8.90. The Morgan fingerprint density at radius 1 is 1.19 bits per heavy atom. The van der Waals surface area contributed by atoms with Crippen molar-refractivity contribution in [1.29, 1.82) is 5.26 Å². The summed E-state index contributed by atoms with van der Waals surface area (Å²) in [6.45, 7) is 0.949. The van der Waals surface area contributed by atoms with Crippen molar-refractivity contribution >= 4 is 11.5 Å². The van der Waals surface area contributed by atoms with Crippen molar-refractivity contribution in [3.63, 3.8) is 0 Å². The highest BCUT2D eigenvalue weighted by Gasteiger charge is 2.37. The second kappa shape index (κ2) is 6.72. The average molecular weight is 373 g/mol. The van der Waals surface area contributed by atoms with Gasteiger partial charge in [-0.2, -0.15) is 18.4 Å². The van der Waals surface area contributed by atoms with E-state index in [0.717, 1.165) is 30.6 Å². The zero-order valence-corrected chi connectivity index (χ0v) is 14.5. The minimum Gasteiger partial charge on any atom is -0.369 e. The smallest absolute Gasteiger partial charge is 0.369 e. The van der Waals surface area contributed by atoms with Crippen LogP contribution in [0.15, 0.2) is 30.5 Å². The monoisotopic (exact) mass is 373 g/mol. The lowest BCUT2D eigenvalue weighted by Gasteiger charge is -2.23. The molecule has 0 spiro atoms. The van der Waals surface area contributed by atoms with Gasteiger partial charge in [-0.1, -0.05) is 0 Å². The molecule has 1 saturated heterocycles. The fourth-order valence-corrected chi connectivity index (χ4v) is 3.41. The lowest BCUT2D eigenvalue weighted by Crippen LogP contribution is -2.28. The lowest BCUT2D eigenvalue weighted by atomic mass is 10.1. The molecule has 2 aromatic rings. The average Bonchev–Trinajstić information content (AvgIpc) is 3.40. The van der Waals surface area contributed by atoms with E-state index < -0.39 is 11.7 Å². The summed E-state index contributed by atoms with van der Waals surface area (Å²) >= 11 is 0. The van der Waals surface area contributed by atoms with Gasteiger partial charge in [-0.15, -0.1) is 0 Å². The molecule has 1 unspecified atom stereocenters. The molecule has 140 valence electrons. The Balaban J connectivity index is 1.50. The van der Waals surface area contributed by atoms with E-state index in [1.54, 1.807) is 23.2 Å². The molecule has 1 aliphatic carbocycles. The lowest BCUT2D eigenvalue weighted by molar-refractivity contribution is -0.137. The predicted molar refractivity (Wildman–Crippen MR) is 94.4 cm³/mol. The van der Waals surface area contributed by atoms with Crippen LogP contribution in [0.5, 0.6) is 0 Å². The molecular weight excluding hydrogens is 355 g/mol. The molecule has 1 N–H and O–H groups in total. The molecule has 2 aliphatic rings. The zero-order chi connectivity index (χ0) is 19.0. The quantitative estimate of drug-likeness (QED) is 0.880. The number of nitrogens with zero attached hydrogens (tertiary/aromatic N) is 4. The second-order valence-corrected chi connectivity index (χ2v) is 6.99. The number of halogens is 3. The minimum atomic E-state index is -4.50. The Morgan fingerprint density at radius 3 is 2.70 bits per heavy atom. The highest BCUT2D eigenvalue weighted by molar-refractivity contribution is 5.59. The fraction of sp³-hybridized carbons (Fsp3) is 0.421. The Bertz CT molecular complexity index is 886. The zero-order valence-electron chi connectivity index (χ0n) is 14.5. The van der Waals surface area contributed by atoms with Gasteiger partial charge in [-0.25, -0.2) is 9.97 Å². The van der Waals surface area contributed by atoms with Crippen LogP contribution in [0.25, 0.3) is 0 Å². The number of alkyl halides is 3. The van der Waals surface area contributed by atoms with Crippen molar-refractivity contribution in [2.75, 3.05) is 23.3 Å². The van der Waals surface area contributed by atoms with Crippen molar-refractivity contribution in [3.8, 4) is 6.07 Å². The van der Waals surface area contributed by atoms with Crippen LogP contribution >= 0.6 is 0 Å². The number of hydrogen-bond donors (Lipinski definition) is 1. The molecule has 2 heterocycles. The van der Waals surface area contributed by atoms with E-state index in [0.29, 0.717) is 25.4 Å². The molecule has 1 aromatic carbocycles. The molecular formula is C19H18F3N5. The number of benzene rings is 1. The third kappa shape index (κ3) is 3.82. The van der Waals surface area contributed by atoms with Crippen molar-refractivity contribution in [3.05, 3.63) is 47.4 Å². The molecule has 0 bridgehead atoms. The number of nitriles is 1. The Labute approximate surface area is 154 Å². The van der Waals surface area contributed by atoms with Crippen LogP contribution in [0.3, 0.4) is 0 Å². The maximum atomic E-state index is 13.4. The first kappa shape index (κ1) is 17.6. The topological polar surface area (TPSA) is 64.8 Å². The summed E-state index contributed by atoms with van der Waals surface area (Å²) in [7, 11) is 0. The summed E-state index contributed by atoms with van der Waals surface area (Å²) in [5.74, 6) is 2.00. The van der Waals surface area contributed by atoms with Gasteiger partial charge >= 0.3 is 6.18 Å². The van der Waals surface area contributed by atoms with E-state index in [4.69, 9.17) is 5.26 Å². The highest BCUT2D eigenvalue weighted by atomic mass is 19.4. The van der Waals surface area contributed by atoms with Gasteiger partial charge in [0.05, 0.1) is 17.2 Å². The summed E-state index contributed by atoms with van der Waals surface area (Å²) in [6, 6.07) is 7.30. The van der Waals surface area contributed by atoms with Crippen LogP contribution in [0.4, 0.5) is 24.7 Å². The summed E-state index contributed by atoms with van der Waals surface area (Å²) in [5.41, 5.74) is -0.638. The normalized spacial score (nSPS) is 19.8. The first-order chi connectivity index (χ1) is 12.9. The van der Waals surface area contributed by atoms with Gasteiger partial charge in [-0.3, -0.25) is 0 Å². The van der Waals surface area contributed by atoms with Crippen LogP contribution < -0.4 is 10.2 Å². The molecule has 1 saturated carbocycles. The molecule has 0 radical (unpaired) electrons. The maximum Gasteiger partial charge on any atom is 0.418 e. The number of aromatic nitrogens is 2. The van der Waals surface area contributed by atoms with E-state index in [1.165, 1.54) is 12.1 Å². The van der Waals surface area contributed by atoms with Crippen LogP contribution in [0, 0.1) is 11.3 Å². The molecule has 5 nitrogen and oxygen atoms in total. The molecule has 1 aromatic heterocycles. The van der Waals surface area contributed by atoms with Crippen LogP contribution in [-0.2, 0) is 6.18 Å². The number of nitrogens with one attached hydrogen (secondary N) is 1. The molecule has 1 atom stereocenters. The van der Waals surface area contributed by atoms with Crippen LogP contribution in [-0.4, -0.2) is 29.1 Å². The van der Waals surface area contributed by atoms with E-state index in [-0.39, 0.29) is 17.3 Å². The van der Waals surface area contributed by atoms with Crippen molar-refractivity contribution in [2.24, 2.45) is 0 Å². The second-order valence-electron chi connectivity index (χ2n) is 6.99. The molecule has 0 amide bonds. The van der Waals surface area contributed by atoms with E-state index in [9.17, 15) is 13.2 Å². The van der Waals surface area contributed by atoms with Gasteiger partial charge < -0.3 is 10.2 Å². The fourth-order valence-electron chi connectivity index (χ4n) is 3.41. The summed E-state index contributed by atoms with van der Waals surface area (Å²) in [5, 5.41) is 12.2. The van der Waals surface area contributed by atoms with Crippen LogP contribution in [0.1, 0.15) is 42.1 Å². The van der Waals surface area contributed by atoms with E-state index >= 15 is 0 Å². The third-order valence-corrected chi connectivity index (χ3v) is 4.93. The van der Waals surface area contributed by atoms with Gasteiger partial charge in [0, 0.05) is 36.9 Å². The summed E-state index contributed by atoms with van der Waals surface area (Å²) in [6.07, 6.45) is 0.150. The predicted octanol–water partition coefficient (Wildman–Crippen LogP) is 3.94. The first-order valence-electron chi connectivity index (χ1n) is 8.90. The van der Waals surface area contributed by atoms with Crippen molar-refractivity contribution < 1.29 is 13.2 Å². The van der Waals surface area contributed by atoms with Gasteiger partial charge in [0.25, 0.3) is 0 Å². The molecule has 4 rings (SSSR count). The van der Waals surface area contributed by atoms with E-state index in [2.05, 4.69) is 15.3 Å². The number of anilines is 2. The molecule has 8 heteroatoms. The Hall–Kier alpha value is -2.82. The van der Waals surface area contributed by atoms with Crippen molar-refractivity contribution in [2.45, 2.75) is 37.4 Å². The summed E-state index contributed by atoms with van der Waals surface area (Å²) < 4.78 is 40.3. The highest BCUT2D eigenvalue weighted by Crippen LogP contribution is 2.39. The minimum absolute atomic E-state index is 0.00341. The SMILES string of the molecule is N#Cc1ccc(N2CCC(Nc3ccnc(C4CC4)n3)C2)c(C(F)(F)F)c1. The van der Waals surface area contributed by atoms with Gasteiger partial charge in [0.2, 0.25) is 0 Å². The van der Waals surface area contributed by atoms with Crippen molar-refractivity contribution in [1.82, 2.24) is 9.97 Å². The molecule has 1 aliphatic heterocycles. The maximum absolute atomic E-state index is 13.4. The van der Waals surface area contributed by atoms with Gasteiger partial charge in [0.15, 0.2) is 0 Å². The summed E-state index contributed by atoms with van der Waals surface area (Å²) in [4.78, 5) is 10.5. The largest absolute Gasteiger partial charge is 0.418 e. The Morgan fingerprint density at radius 2 is 2.00 bits per heavy atom. The van der Waals surface area contributed by atoms with Crippen LogP contribution in [0.2, 0.25) is 0 Å². The Kier molecular flexibility index (Phi) is 4.38. The standard InChI is InChI=1S/C19H18F3N5/c20-19(21,22)15-9-12(10-23)1-4-16(15)27-8-6-14(11-27)25-17-5-7-24-18(26-17)13-2-3-13/h1,4-5,7,9,13-14H,2-3,6,8,11H2,(H,24,25,26). The number of hydrogen-bond acceptors (Lipinski definition) is 5. The van der Waals surface area contributed by atoms with Gasteiger partial charge in [-0.05, 0) is 43.5 Å². The van der Waals surface area contributed by atoms with Gasteiger partial charge in [0.1, 0.15) is 11.6 Å². The third-order valence-electron chi connectivity index (χ3n) is 4.93. The van der Waals surface area contributed by atoms with E-state index in [1.807, 2.05) is 0 Å². The number of rotatable bonds is 4. The molecule has 2 fully saturated rings. The molecule has 27 heavy (non-hydrogen) atoms.